The fourth-order valence-electron chi connectivity index (χ4n) is 4.02. The highest BCUT2D eigenvalue weighted by Gasteiger charge is 2.42. The van der Waals surface area contributed by atoms with Crippen molar-refractivity contribution in [3.8, 4) is 11.8 Å². The van der Waals surface area contributed by atoms with Crippen molar-refractivity contribution in [1.29, 1.82) is 0 Å². The molecule has 0 amide bonds. The molecule has 0 bridgehead atoms. The van der Waals surface area contributed by atoms with E-state index in [0.717, 1.165) is 12.8 Å². The van der Waals surface area contributed by atoms with Crippen molar-refractivity contribution in [3.05, 3.63) is 74.5 Å². The summed E-state index contributed by atoms with van der Waals surface area (Å²) < 4.78 is 18.7. The van der Waals surface area contributed by atoms with Crippen molar-refractivity contribution in [2.45, 2.75) is 64.4 Å². The highest BCUT2D eigenvalue weighted by molar-refractivity contribution is 6.31. The van der Waals surface area contributed by atoms with Gasteiger partial charge in [0, 0.05) is 28.8 Å². The van der Waals surface area contributed by atoms with E-state index in [1.54, 1.807) is 20.8 Å². The zero-order valence-electron chi connectivity index (χ0n) is 19.7. The number of nitrogens with zero attached hydrogens (tertiary/aromatic N) is 1. The van der Waals surface area contributed by atoms with E-state index in [9.17, 15) is 19.1 Å². The van der Waals surface area contributed by atoms with Gasteiger partial charge in [-0.3, -0.25) is 4.79 Å². The second-order valence-corrected chi connectivity index (χ2v) is 9.50. The van der Waals surface area contributed by atoms with E-state index >= 15 is 0 Å². The van der Waals surface area contributed by atoms with Crippen LogP contribution in [0.3, 0.4) is 0 Å². The second-order valence-electron chi connectivity index (χ2n) is 9.10. The van der Waals surface area contributed by atoms with Crippen molar-refractivity contribution in [2.75, 3.05) is 0 Å². The first-order chi connectivity index (χ1) is 16.0. The largest absolute Gasteiger partial charge is 0.370 e. The van der Waals surface area contributed by atoms with Crippen LogP contribution >= 0.6 is 11.6 Å². The number of unbranched alkanes of at least 4 members (excludes halogenated alkanes) is 2. The minimum Gasteiger partial charge on any atom is -0.370 e. The van der Waals surface area contributed by atoms with Gasteiger partial charge in [0.05, 0.1) is 11.1 Å². The fourth-order valence-corrected chi connectivity index (χ4v) is 4.39. The number of benzene rings is 2. The van der Waals surface area contributed by atoms with Crippen LogP contribution in [-0.2, 0) is 5.41 Å². The Hall–Kier alpha value is -3.01. The van der Waals surface area contributed by atoms with Crippen molar-refractivity contribution in [3.63, 3.8) is 0 Å². The first-order valence-corrected chi connectivity index (χ1v) is 11.5. The summed E-state index contributed by atoms with van der Waals surface area (Å²) in [6.07, 6.45) is 2.15. The van der Waals surface area contributed by atoms with Gasteiger partial charge in [0.25, 0.3) is 0 Å². The van der Waals surface area contributed by atoms with E-state index in [-0.39, 0.29) is 17.4 Å². The molecule has 178 valence electrons. The quantitative estimate of drug-likeness (QED) is 0.262. The van der Waals surface area contributed by atoms with Crippen LogP contribution in [0.1, 0.15) is 68.1 Å². The Bertz CT molecular complexity index is 1350. The first kappa shape index (κ1) is 25.6. The summed E-state index contributed by atoms with van der Waals surface area (Å²) in [5.41, 5.74) is -2.49. The van der Waals surface area contributed by atoms with Gasteiger partial charge in [0.2, 0.25) is 5.78 Å². The molecule has 5 nitrogen and oxygen atoms in total. The molecule has 0 spiro atoms. The SMILES string of the molecule is CCCCC#CC(O)(CC(C)(C)c1cc(F)ccc1Cl)C(=O)c1ccc2c(=O)onc(C)c2c1. The van der Waals surface area contributed by atoms with Crippen molar-refractivity contribution in [2.24, 2.45) is 0 Å². The lowest BCUT2D eigenvalue weighted by Gasteiger charge is -2.33. The number of hydrogen-bond acceptors (Lipinski definition) is 5. The van der Waals surface area contributed by atoms with Crippen LogP contribution < -0.4 is 5.63 Å². The van der Waals surface area contributed by atoms with Crippen molar-refractivity contribution in [1.82, 2.24) is 5.16 Å². The molecule has 3 rings (SSSR count). The Labute approximate surface area is 202 Å². The van der Waals surface area contributed by atoms with Crippen LogP contribution in [0.5, 0.6) is 0 Å². The van der Waals surface area contributed by atoms with E-state index in [1.165, 1.54) is 36.4 Å². The lowest BCUT2D eigenvalue weighted by atomic mass is 9.73. The number of hydrogen-bond donors (Lipinski definition) is 1. The summed E-state index contributed by atoms with van der Waals surface area (Å²) in [4.78, 5) is 25.6. The number of aromatic nitrogens is 1. The lowest BCUT2D eigenvalue weighted by molar-refractivity contribution is 0.0455. The summed E-state index contributed by atoms with van der Waals surface area (Å²) in [5, 5.41) is 16.4. The molecule has 3 aromatic rings. The lowest BCUT2D eigenvalue weighted by Crippen LogP contribution is -2.43. The maximum absolute atomic E-state index is 14.0. The number of aryl methyl sites for hydroxylation is 1. The van der Waals surface area contributed by atoms with E-state index in [0.29, 0.717) is 28.1 Å². The summed E-state index contributed by atoms with van der Waals surface area (Å²) >= 11 is 6.33. The van der Waals surface area contributed by atoms with Gasteiger partial charge in [0.1, 0.15) is 5.82 Å². The van der Waals surface area contributed by atoms with Gasteiger partial charge in [-0.15, -0.1) is 0 Å². The second kappa shape index (κ2) is 10.1. The van der Waals surface area contributed by atoms with Crippen molar-refractivity contribution < 1.29 is 18.8 Å². The maximum atomic E-state index is 14.0. The van der Waals surface area contributed by atoms with Crippen LogP contribution in [0.25, 0.3) is 10.8 Å². The monoisotopic (exact) mass is 483 g/mol. The van der Waals surface area contributed by atoms with E-state index in [1.807, 2.05) is 6.92 Å². The highest BCUT2D eigenvalue weighted by Crippen LogP contribution is 2.38. The van der Waals surface area contributed by atoms with Crippen LogP contribution in [0.2, 0.25) is 5.02 Å². The van der Waals surface area contributed by atoms with Gasteiger partial charge >= 0.3 is 5.63 Å². The molecule has 0 fully saturated rings. The number of ketones is 1. The predicted octanol–water partition coefficient (Wildman–Crippen LogP) is 5.76. The summed E-state index contributed by atoms with van der Waals surface area (Å²) in [6.45, 7) is 7.24. The van der Waals surface area contributed by atoms with Crippen LogP contribution in [0.15, 0.2) is 45.7 Å². The summed E-state index contributed by atoms with van der Waals surface area (Å²) in [5.74, 6) is 4.63. The van der Waals surface area contributed by atoms with E-state index < -0.39 is 28.2 Å². The number of carbonyl (C=O) groups excluding carboxylic acids is 1. The minimum absolute atomic E-state index is 0.118. The van der Waals surface area contributed by atoms with Gasteiger partial charge in [-0.1, -0.05) is 61.9 Å². The standard InChI is InChI=1S/C27H27ClFNO4/c1-5-6-7-8-13-27(33,16-26(3,4)22-15-19(29)10-12-23(22)28)24(31)18-9-11-20-21(14-18)17(2)30-34-25(20)32/h9-12,14-15,33H,5-7,16H2,1-4H3. The third-order valence-corrected chi connectivity index (χ3v) is 6.17. The molecule has 1 atom stereocenters. The number of carbonyl (C=O) groups is 1. The molecule has 0 aliphatic heterocycles. The molecule has 0 radical (unpaired) electrons. The molecule has 1 heterocycles. The minimum atomic E-state index is -2.07. The Kier molecular flexibility index (Phi) is 7.60. The topological polar surface area (TPSA) is 80.4 Å². The van der Waals surface area contributed by atoms with E-state index in [2.05, 4.69) is 17.0 Å². The Morgan fingerprint density at radius 1 is 1.21 bits per heavy atom. The molecular weight excluding hydrogens is 457 g/mol. The van der Waals surface area contributed by atoms with Crippen LogP contribution in [0, 0.1) is 24.6 Å². The molecule has 1 unspecified atom stereocenters. The summed E-state index contributed by atoms with van der Waals surface area (Å²) in [7, 11) is 0. The normalized spacial score (nSPS) is 13.3. The third-order valence-electron chi connectivity index (χ3n) is 5.84. The zero-order chi connectivity index (χ0) is 25.1. The van der Waals surface area contributed by atoms with Crippen molar-refractivity contribution >= 4 is 28.2 Å². The number of fused-ring (bicyclic) bond motifs is 1. The van der Waals surface area contributed by atoms with Gasteiger partial charge < -0.3 is 9.63 Å². The number of rotatable bonds is 7. The Balaban J connectivity index is 2.09. The summed E-state index contributed by atoms with van der Waals surface area (Å²) in [6, 6.07) is 8.46. The van der Waals surface area contributed by atoms with Crippen LogP contribution in [-0.4, -0.2) is 21.6 Å². The molecule has 0 saturated heterocycles. The maximum Gasteiger partial charge on any atom is 0.366 e. The fraction of sp³-hybridized carbons (Fsp3) is 0.370. The van der Waals surface area contributed by atoms with Crippen LogP contribution in [0.4, 0.5) is 4.39 Å². The average molecular weight is 484 g/mol. The average Bonchev–Trinajstić information content (AvgIpc) is 2.79. The molecular formula is C27H27ClFNO4. The molecule has 1 N–H and O–H groups in total. The Morgan fingerprint density at radius 2 is 1.94 bits per heavy atom. The first-order valence-electron chi connectivity index (χ1n) is 11.1. The molecule has 34 heavy (non-hydrogen) atoms. The van der Waals surface area contributed by atoms with E-state index in [4.69, 9.17) is 16.1 Å². The third kappa shape index (κ3) is 5.38. The van der Waals surface area contributed by atoms with Gasteiger partial charge in [0.15, 0.2) is 5.60 Å². The number of Topliss-reactive ketones (excluding diaryl/α,β-unsaturated/α-hetero) is 1. The smallest absolute Gasteiger partial charge is 0.366 e. The van der Waals surface area contributed by atoms with Gasteiger partial charge in [-0.05, 0) is 54.7 Å². The van der Waals surface area contributed by atoms with Gasteiger partial charge in [-0.2, -0.15) is 0 Å². The highest BCUT2D eigenvalue weighted by atomic mass is 35.5. The Morgan fingerprint density at radius 3 is 2.65 bits per heavy atom. The molecule has 0 aliphatic rings. The number of halogens is 2. The molecule has 0 saturated carbocycles. The predicted molar refractivity (Wildman–Crippen MR) is 131 cm³/mol. The molecule has 2 aromatic carbocycles. The molecule has 0 aliphatic carbocycles. The molecule has 1 aromatic heterocycles. The number of aliphatic hydroxyl groups is 1. The zero-order valence-corrected chi connectivity index (χ0v) is 20.4. The molecule has 7 heteroatoms. The van der Waals surface area contributed by atoms with Gasteiger partial charge in [-0.25, -0.2) is 9.18 Å².